The summed E-state index contributed by atoms with van der Waals surface area (Å²) in [5, 5.41) is 2.93. The molecule has 4 nitrogen and oxygen atoms in total. The summed E-state index contributed by atoms with van der Waals surface area (Å²) < 4.78 is 2.02. The van der Waals surface area contributed by atoms with Crippen LogP contribution < -0.4 is 5.32 Å². The maximum atomic E-state index is 12.4. The SMILES string of the molecule is Cc1ccc(-c2nc3cc(C)ccn3c2/C=C/C(=O)NCc2ccccc2)cc1. The molecule has 0 spiro atoms. The molecule has 0 saturated carbocycles. The van der Waals surface area contributed by atoms with Gasteiger partial charge in [-0.1, -0.05) is 60.2 Å². The number of pyridine rings is 1. The number of rotatable bonds is 5. The van der Waals surface area contributed by atoms with Crippen molar-refractivity contribution in [3.63, 3.8) is 0 Å². The molecule has 0 unspecified atom stereocenters. The molecule has 0 bridgehead atoms. The molecule has 0 atom stereocenters. The van der Waals surface area contributed by atoms with E-state index in [9.17, 15) is 4.79 Å². The van der Waals surface area contributed by atoms with Gasteiger partial charge in [0.2, 0.25) is 5.91 Å². The highest BCUT2D eigenvalue weighted by Gasteiger charge is 2.12. The Kier molecular flexibility index (Phi) is 5.25. The van der Waals surface area contributed by atoms with Crippen molar-refractivity contribution in [2.75, 3.05) is 0 Å². The maximum Gasteiger partial charge on any atom is 0.244 e. The Bertz CT molecular complexity index is 1170. The lowest BCUT2D eigenvalue weighted by Gasteiger charge is -2.03. The highest BCUT2D eigenvalue weighted by Crippen LogP contribution is 2.26. The Hall–Kier alpha value is -3.66. The highest BCUT2D eigenvalue weighted by molar-refractivity contribution is 5.92. The Morgan fingerprint density at radius 2 is 1.76 bits per heavy atom. The fraction of sp³-hybridized carbons (Fsp3) is 0.120. The van der Waals surface area contributed by atoms with Crippen molar-refractivity contribution < 1.29 is 4.79 Å². The van der Waals surface area contributed by atoms with Crippen molar-refractivity contribution in [2.24, 2.45) is 0 Å². The smallest absolute Gasteiger partial charge is 0.244 e. The molecule has 1 amide bonds. The molecule has 1 N–H and O–H groups in total. The predicted molar refractivity (Wildman–Crippen MR) is 117 cm³/mol. The van der Waals surface area contributed by atoms with Crippen molar-refractivity contribution in [3.8, 4) is 11.3 Å². The number of hydrogen-bond acceptors (Lipinski definition) is 2. The maximum absolute atomic E-state index is 12.4. The van der Waals surface area contributed by atoms with Gasteiger partial charge in [-0.25, -0.2) is 4.98 Å². The standard InChI is InChI=1S/C25H23N3O/c1-18-8-10-21(11-9-18)25-22(28-15-14-19(2)16-23(28)27-25)12-13-24(29)26-17-20-6-4-3-5-7-20/h3-16H,17H2,1-2H3,(H,26,29)/b13-12+. The van der Waals surface area contributed by atoms with Crippen LogP contribution in [0, 0.1) is 13.8 Å². The van der Waals surface area contributed by atoms with E-state index < -0.39 is 0 Å². The van der Waals surface area contributed by atoms with E-state index in [0.29, 0.717) is 6.54 Å². The number of carbonyl (C=O) groups is 1. The van der Waals surface area contributed by atoms with Gasteiger partial charge in [-0.3, -0.25) is 9.20 Å². The normalized spacial score (nSPS) is 11.2. The van der Waals surface area contributed by atoms with E-state index in [1.54, 1.807) is 6.08 Å². The van der Waals surface area contributed by atoms with Gasteiger partial charge in [0.25, 0.3) is 0 Å². The van der Waals surface area contributed by atoms with E-state index in [4.69, 9.17) is 4.98 Å². The third-order valence-electron chi connectivity index (χ3n) is 4.85. The average Bonchev–Trinajstić information content (AvgIpc) is 3.09. The molecule has 0 aliphatic carbocycles. The van der Waals surface area contributed by atoms with Gasteiger partial charge in [0.05, 0.1) is 11.4 Å². The van der Waals surface area contributed by atoms with E-state index in [-0.39, 0.29) is 5.91 Å². The number of benzene rings is 2. The van der Waals surface area contributed by atoms with E-state index >= 15 is 0 Å². The van der Waals surface area contributed by atoms with E-state index in [0.717, 1.165) is 33.7 Å². The van der Waals surface area contributed by atoms with Crippen LogP contribution in [-0.2, 0) is 11.3 Å². The lowest BCUT2D eigenvalue weighted by atomic mass is 10.1. The highest BCUT2D eigenvalue weighted by atomic mass is 16.1. The number of amides is 1. The first-order valence-electron chi connectivity index (χ1n) is 9.66. The number of fused-ring (bicyclic) bond motifs is 1. The first-order valence-corrected chi connectivity index (χ1v) is 9.66. The molecule has 4 rings (SSSR count). The summed E-state index contributed by atoms with van der Waals surface area (Å²) in [5.41, 5.74) is 7.06. The van der Waals surface area contributed by atoms with E-state index in [1.165, 1.54) is 5.56 Å². The van der Waals surface area contributed by atoms with Gasteiger partial charge in [0.1, 0.15) is 5.65 Å². The van der Waals surface area contributed by atoms with Crippen LogP contribution in [0.4, 0.5) is 0 Å². The van der Waals surface area contributed by atoms with Gasteiger partial charge in [-0.2, -0.15) is 0 Å². The largest absolute Gasteiger partial charge is 0.348 e. The van der Waals surface area contributed by atoms with Crippen molar-refractivity contribution >= 4 is 17.6 Å². The van der Waals surface area contributed by atoms with Gasteiger partial charge in [-0.15, -0.1) is 0 Å². The molecular formula is C25H23N3O. The average molecular weight is 381 g/mol. The van der Waals surface area contributed by atoms with Gasteiger partial charge in [0.15, 0.2) is 0 Å². The van der Waals surface area contributed by atoms with Crippen LogP contribution in [0.25, 0.3) is 23.0 Å². The summed E-state index contributed by atoms with van der Waals surface area (Å²) in [5.74, 6) is -0.134. The van der Waals surface area contributed by atoms with Gasteiger partial charge in [0, 0.05) is 24.4 Å². The zero-order valence-corrected chi connectivity index (χ0v) is 16.6. The van der Waals surface area contributed by atoms with Gasteiger partial charge < -0.3 is 5.32 Å². The second kappa shape index (κ2) is 8.15. The minimum Gasteiger partial charge on any atom is -0.348 e. The minimum atomic E-state index is -0.134. The Morgan fingerprint density at radius 3 is 2.52 bits per heavy atom. The number of nitrogens with zero attached hydrogens (tertiary/aromatic N) is 2. The molecule has 2 aromatic heterocycles. The molecule has 0 fully saturated rings. The fourth-order valence-corrected chi connectivity index (χ4v) is 3.25. The molecule has 0 aliphatic heterocycles. The van der Waals surface area contributed by atoms with Crippen LogP contribution in [0.5, 0.6) is 0 Å². The minimum absolute atomic E-state index is 0.134. The molecule has 2 aromatic carbocycles. The Balaban J connectivity index is 1.64. The summed E-state index contributed by atoms with van der Waals surface area (Å²) >= 11 is 0. The molecule has 29 heavy (non-hydrogen) atoms. The van der Waals surface area contributed by atoms with Gasteiger partial charge in [-0.05, 0) is 43.2 Å². The first kappa shape index (κ1) is 18.7. The van der Waals surface area contributed by atoms with Crippen LogP contribution in [-0.4, -0.2) is 15.3 Å². The summed E-state index contributed by atoms with van der Waals surface area (Å²) in [7, 11) is 0. The quantitative estimate of drug-likeness (QED) is 0.497. The second-order valence-corrected chi connectivity index (χ2v) is 7.18. The van der Waals surface area contributed by atoms with Crippen LogP contribution in [0.3, 0.4) is 0 Å². The Labute approximate surface area is 170 Å². The number of aryl methyl sites for hydroxylation is 2. The second-order valence-electron chi connectivity index (χ2n) is 7.18. The molecular weight excluding hydrogens is 358 g/mol. The molecule has 0 radical (unpaired) electrons. The van der Waals surface area contributed by atoms with Crippen molar-refractivity contribution in [1.29, 1.82) is 0 Å². The lowest BCUT2D eigenvalue weighted by Crippen LogP contribution is -2.20. The molecule has 144 valence electrons. The van der Waals surface area contributed by atoms with Crippen molar-refractivity contribution in [1.82, 2.24) is 14.7 Å². The molecule has 2 heterocycles. The van der Waals surface area contributed by atoms with E-state index in [1.807, 2.05) is 66.1 Å². The van der Waals surface area contributed by atoms with E-state index in [2.05, 4.69) is 36.5 Å². The monoisotopic (exact) mass is 381 g/mol. The zero-order chi connectivity index (χ0) is 20.2. The predicted octanol–water partition coefficient (Wildman–Crippen LogP) is 4.95. The summed E-state index contributed by atoms with van der Waals surface area (Å²) in [4.78, 5) is 17.2. The van der Waals surface area contributed by atoms with Gasteiger partial charge >= 0.3 is 0 Å². The van der Waals surface area contributed by atoms with Crippen LogP contribution >= 0.6 is 0 Å². The molecule has 4 heteroatoms. The van der Waals surface area contributed by atoms with Crippen molar-refractivity contribution in [2.45, 2.75) is 20.4 Å². The number of hydrogen-bond donors (Lipinski definition) is 1. The van der Waals surface area contributed by atoms with Crippen LogP contribution in [0.2, 0.25) is 0 Å². The lowest BCUT2D eigenvalue weighted by molar-refractivity contribution is -0.116. The third-order valence-corrected chi connectivity index (χ3v) is 4.85. The van der Waals surface area contributed by atoms with Crippen molar-refractivity contribution in [3.05, 3.63) is 101 Å². The Morgan fingerprint density at radius 1 is 1.00 bits per heavy atom. The summed E-state index contributed by atoms with van der Waals surface area (Å²) in [6.07, 6.45) is 5.41. The molecule has 0 aliphatic rings. The zero-order valence-electron chi connectivity index (χ0n) is 16.6. The topological polar surface area (TPSA) is 46.4 Å². The summed E-state index contributed by atoms with van der Waals surface area (Å²) in [6.45, 7) is 4.61. The fourth-order valence-electron chi connectivity index (χ4n) is 3.25. The van der Waals surface area contributed by atoms with Crippen LogP contribution in [0.15, 0.2) is 79.0 Å². The molecule has 4 aromatic rings. The number of imidazole rings is 1. The van der Waals surface area contributed by atoms with Crippen LogP contribution in [0.1, 0.15) is 22.4 Å². The number of aromatic nitrogens is 2. The number of nitrogens with one attached hydrogen (secondary N) is 1. The third kappa shape index (κ3) is 4.27. The first-order chi connectivity index (χ1) is 14.1. The number of carbonyl (C=O) groups excluding carboxylic acids is 1. The summed E-state index contributed by atoms with van der Waals surface area (Å²) in [6, 6.07) is 22.2. The molecule has 0 saturated heterocycles.